The molecule has 1 saturated heterocycles. The molecule has 2 heterocycles. The molecule has 2 unspecified atom stereocenters. The second-order valence-corrected chi connectivity index (χ2v) is 4.52. The second kappa shape index (κ2) is 5.32. The molecule has 1 aromatic rings. The van der Waals surface area contributed by atoms with E-state index >= 15 is 0 Å². The van der Waals surface area contributed by atoms with Gasteiger partial charge in [-0.05, 0) is 26.0 Å². The van der Waals surface area contributed by atoms with Crippen LogP contribution in [-0.4, -0.2) is 41.1 Å². The van der Waals surface area contributed by atoms with Crippen LogP contribution in [0.1, 0.15) is 24.3 Å². The first kappa shape index (κ1) is 12.8. The Kier molecular flexibility index (Phi) is 3.78. The van der Waals surface area contributed by atoms with Crippen LogP contribution in [-0.2, 0) is 4.74 Å². The number of pyridine rings is 1. The number of rotatable bonds is 2. The smallest absolute Gasteiger partial charge is 0.272 e. The van der Waals surface area contributed by atoms with E-state index in [1.165, 1.54) is 0 Å². The van der Waals surface area contributed by atoms with E-state index < -0.39 is 0 Å². The number of hydrogen-bond donors (Lipinski definition) is 2. The van der Waals surface area contributed by atoms with Crippen LogP contribution in [0.25, 0.3) is 0 Å². The Bertz CT molecular complexity index is 438. The predicted octanol–water partition coefficient (Wildman–Crippen LogP) is 0.617. The van der Waals surface area contributed by atoms with Crippen molar-refractivity contribution < 1.29 is 9.53 Å². The summed E-state index contributed by atoms with van der Waals surface area (Å²) in [6.07, 6.45) is 1.62. The largest absolute Gasteiger partial charge is 0.375 e. The van der Waals surface area contributed by atoms with Crippen molar-refractivity contribution in [2.75, 3.05) is 18.6 Å². The number of aromatic nitrogens is 1. The molecule has 6 heteroatoms. The first-order chi connectivity index (χ1) is 8.61. The molecule has 1 aliphatic rings. The summed E-state index contributed by atoms with van der Waals surface area (Å²) in [5, 5.41) is 0. The Hall–Kier alpha value is -1.66. The molecule has 0 spiro atoms. The highest BCUT2D eigenvalue weighted by Gasteiger charge is 2.28. The number of anilines is 1. The normalized spacial score (nSPS) is 23.8. The first-order valence-corrected chi connectivity index (χ1v) is 5.97. The van der Waals surface area contributed by atoms with Crippen molar-refractivity contribution in [2.45, 2.75) is 26.0 Å². The van der Waals surface area contributed by atoms with Gasteiger partial charge in [-0.3, -0.25) is 15.6 Å². The Balaban J connectivity index is 2.18. The van der Waals surface area contributed by atoms with E-state index in [1.54, 1.807) is 23.2 Å². The van der Waals surface area contributed by atoms with Gasteiger partial charge in [0.05, 0.1) is 24.4 Å². The average Bonchev–Trinajstić information content (AvgIpc) is 2.41. The Morgan fingerprint density at radius 3 is 3.11 bits per heavy atom. The fraction of sp³-hybridized carbons (Fsp3) is 0.500. The van der Waals surface area contributed by atoms with Gasteiger partial charge in [-0.25, -0.2) is 0 Å². The van der Waals surface area contributed by atoms with Gasteiger partial charge in [0, 0.05) is 12.7 Å². The fourth-order valence-corrected chi connectivity index (χ4v) is 1.97. The number of nitrogens with two attached hydrogens (primary N) is 1. The lowest BCUT2D eigenvalue weighted by molar-refractivity contribution is -0.0389. The molecule has 18 heavy (non-hydrogen) atoms. The van der Waals surface area contributed by atoms with Gasteiger partial charge in [-0.15, -0.1) is 0 Å². The molecule has 2 rings (SSSR count). The van der Waals surface area contributed by atoms with Gasteiger partial charge in [0.2, 0.25) is 0 Å². The molecule has 0 saturated carbocycles. The van der Waals surface area contributed by atoms with Gasteiger partial charge in [0.25, 0.3) is 5.91 Å². The minimum Gasteiger partial charge on any atom is -0.375 e. The molecule has 98 valence electrons. The molecule has 1 aliphatic heterocycles. The lowest BCUT2D eigenvalue weighted by atomic mass is 10.2. The van der Waals surface area contributed by atoms with Crippen LogP contribution in [0, 0.1) is 0 Å². The SMILES string of the molecule is CC1CN(C(=O)c2cc(NN)ccn2)C(C)CO1. The van der Waals surface area contributed by atoms with Gasteiger partial charge in [0.1, 0.15) is 5.69 Å². The van der Waals surface area contributed by atoms with Crippen LogP contribution in [0.3, 0.4) is 0 Å². The lowest BCUT2D eigenvalue weighted by Gasteiger charge is -2.36. The number of nitrogens with one attached hydrogen (secondary N) is 1. The number of carbonyl (C=O) groups is 1. The highest BCUT2D eigenvalue weighted by atomic mass is 16.5. The Morgan fingerprint density at radius 2 is 2.39 bits per heavy atom. The zero-order chi connectivity index (χ0) is 13.1. The molecule has 1 aromatic heterocycles. The van der Waals surface area contributed by atoms with Gasteiger partial charge in [0.15, 0.2) is 0 Å². The van der Waals surface area contributed by atoms with Crippen LogP contribution < -0.4 is 11.3 Å². The number of nitrogens with zero attached hydrogens (tertiary/aromatic N) is 2. The van der Waals surface area contributed by atoms with Crippen molar-refractivity contribution in [1.82, 2.24) is 9.88 Å². The predicted molar refractivity (Wildman–Crippen MR) is 68.0 cm³/mol. The summed E-state index contributed by atoms with van der Waals surface area (Å²) < 4.78 is 5.50. The standard InChI is InChI=1S/C12H18N4O2/c1-8-7-18-9(2)6-16(8)12(17)11-5-10(15-13)3-4-14-11/h3-5,8-9H,6-7,13H2,1-2H3,(H,14,15). The number of ether oxygens (including phenoxy) is 1. The molecule has 0 radical (unpaired) electrons. The van der Waals surface area contributed by atoms with Crippen LogP contribution in [0.15, 0.2) is 18.3 Å². The summed E-state index contributed by atoms with van der Waals surface area (Å²) >= 11 is 0. The molecule has 1 amide bonds. The third-order valence-corrected chi connectivity index (χ3v) is 3.01. The number of amides is 1. The van der Waals surface area contributed by atoms with Crippen molar-refractivity contribution in [3.05, 3.63) is 24.0 Å². The second-order valence-electron chi connectivity index (χ2n) is 4.52. The average molecular weight is 250 g/mol. The maximum absolute atomic E-state index is 12.4. The Morgan fingerprint density at radius 1 is 1.61 bits per heavy atom. The van der Waals surface area contributed by atoms with Crippen molar-refractivity contribution in [3.8, 4) is 0 Å². The molecular weight excluding hydrogens is 232 g/mol. The van der Waals surface area contributed by atoms with E-state index in [4.69, 9.17) is 10.6 Å². The van der Waals surface area contributed by atoms with E-state index in [-0.39, 0.29) is 18.1 Å². The summed E-state index contributed by atoms with van der Waals surface area (Å²) in [4.78, 5) is 18.2. The van der Waals surface area contributed by atoms with E-state index in [0.717, 1.165) is 0 Å². The van der Waals surface area contributed by atoms with E-state index in [2.05, 4.69) is 10.4 Å². The summed E-state index contributed by atoms with van der Waals surface area (Å²) in [6.45, 7) is 5.07. The molecule has 0 aliphatic carbocycles. The molecule has 6 nitrogen and oxygen atoms in total. The minimum atomic E-state index is -0.0882. The third kappa shape index (κ3) is 2.60. The summed E-state index contributed by atoms with van der Waals surface area (Å²) in [7, 11) is 0. The molecular formula is C12H18N4O2. The van der Waals surface area contributed by atoms with Crippen molar-refractivity contribution in [3.63, 3.8) is 0 Å². The maximum Gasteiger partial charge on any atom is 0.272 e. The van der Waals surface area contributed by atoms with Gasteiger partial charge in [-0.1, -0.05) is 0 Å². The van der Waals surface area contributed by atoms with E-state index in [1.807, 2.05) is 13.8 Å². The van der Waals surface area contributed by atoms with Gasteiger partial charge in [-0.2, -0.15) is 0 Å². The zero-order valence-corrected chi connectivity index (χ0v) is 10.6. The van der Waals surface area contributed by atoms with Crippen LogP contribution >= 0.6 is 0 Å². The highest BCUT2D eigenvalue weighted by Crippen LogP contribution is 2.16. The van der Waals surface area contributed by atoms with Crippen LogP contribution in [0.2, 0.25) is 0 Å². The van der Waals surface area contributed by atoms with Crippen molar-refractivity contribution >= 4 is 11.6 Å². The number of carbonyl (C=O) groups excluding carboxylic acids is 1. The van der Waals surface area contributed by atoms with Gasteiger partial charge < -0.3 is 15.1 Å². The summed E-state index contributed by atoms with van der Waals surface area (Å²) in [6, 6.07) is 3.42. The highest BCUT2D eigenvalue weighted by molar-refractivity contribution is 5.93. The first-order valence-electron chi connectivity index (χ1n) is 5.97. The van der Waals surface area contributed by atoms with Crippen LogP contribution in [0.4, 0.5) is 5.69 Å². The van der Waals surface area contributed by atoms with Gasteiger partial charge >= 0.3 is 0 Å². The monoisotopic (exact) mass is 250 g/mol. The lowest BCUT2D eigenvalue weighted by Crippen LogP contribution is -2.50. The fourth-order valence-electron chi connectivity index (χ4n) is 1.97. The number of nitrogen functional groups attached to an aromatic ring is 1. The zero-order valence-electron chi connectivity index (χ0n) is 10.6. The quantitative estimate of drug-likeness (QED) is 0.594. The third-order valence-electron chi connectivity index (χ3n) is 3.01. The number of hydrogen-bond acceptors (Lipinski definition) is 5. The topological polar surface area (TPSA) is 80.5 Å². The van der Waals surface area contributed by atoms with Crippen molar-refractivity contribution in [2.24, 2.45) is 5.84 Å². The number of morpholine rings is 1. The minimum absolute atomic E-state index is 0.0565. The molecule has 0 aromatic carbocycles. The van der Waals surface area contributed by atoms with E-state index in [0.29, 0.717) is 24.5 Å². The molecule has 3 N–H and O–H groups in total. The Labute approximate surface area is 106 Å². The maximum atomic E-state index is 12.4. The van der Waals surface area contributed by atoms with E-state index in [9.17, 15) is 4.79 Å². The summed E-state index contributed by atoms with van der Waals surface area (Å²) in [5.41, 5.74) is 3.57. The molecule has 1 fully saturated rings. The van der Waals surface area contributed by atoms with Crippen molar-refractivity contribution in [1.29, 1.82) is 0 Å². The van der Waals surface area contributed by atoms with Crippen LogP contribution in [0.5, 0.6) is 0 Å². The molecule has 2 atom stereocenters. The number of hydrazine groups is 1. The molecule has 0 bridgehead atoms. The summed E-state index contributed by atoms with van der Waals surface area (Å²) in [5.74, 6) is 5.24.